The van der Waals surface area contributed by atoms with Crippen LogP contribution in [0.1, 0.15) is 55.1 Å². The number of H-pyrrole nitrogens is 1. The SMILES string of the molecule is CC(C)NC(=O)O[C@@H]1CC[C@H](c2cc(Nc3ccc(C(N)=O)cc3)n[nH]2)C1. The van der Waals surface area contributed by atoms with Crippen LogP contribution in [0.2, 0.25) is 0 Å². The van der Waals surface area contributed by atoms with Gasteiger partial charge < -0.3 is 21.1 Å². The van der Waals surface area contributed by atoms with Crippen LogP contribution >= 0.6 is 0 Å². The number of alkyl carbamates (subject to hydrolysis) is 1. The predicted octanol–water partition coefficient (Wildman–Crippen LogP) is 3.02. The highest BCUT2D eigenvalue weighted by Gasteiger charge is 2.30. The van der Waals surface area contributed by atoms with Gasteiger partial charge in [-0.3, -0.25) is 9.89 Å². The summed E-state index contributed by atoms with van der Waals surface area (Å²) in [6.07, 6.45) is 2.12. The third kappa shape index (κ3) is 4.99. The molecule has 0 bridgehead atoms. The molecule has 0 unspecified atom stereocenters. The molecule has 0 saturated heterocycles. The molecule has 1 saturated carbocycles. The summed E-state index contributed by atoms with van der Waals surface area (Å²) in [5.41, 5.74) is 7.53. The molecule has 2 aromatic rings. The number of anilines is 2. The van der Waals surface area contributed by atoms with Crippen LogP contribution in [0, 0.1) is 0 Å². The Kier molecular flexibility index (Phi) is 5.63. The van der Waals surface area contributed by atoms with Gasteiger partial charge >= 0.3 is 6.09 Å². The number of rotatable bonds is 6. The quantitative estimate of drug-likeness (QED) is 0.622. The first-order chi connectivity index (χ1) is 12.9. The van der Waals surface area contributed by atoms with E-state index in [1.807, 2.05) is 19.9 Å². The number of nitrogens with two attached hydrogens (primary N) is 1. The molecule has 2 atom stereocenters. The normalized spacial score (nSPS) is 19.1. The van der Waals surface area contributed by atoms with Crippen molar-refractivity contribution in [2.24, 2.45) is 5.73 Å². The molecule has 27 heavy (non-hydrogen) atoms. The lowest BCUT2D eigenvalue weighted by Gasteiger charge is -2.14. The Bertz CT molecular complexity index is 800. The average Bonchev–Trinajstić information content (AvgIpc) is 3.24. The van der Waals surface area contributed by atoms with Crippen LogP contribution in [0.25, 0.3) is 0 Å². The van der Waals surface area contributed by atoms with Gasteiger partial charge in [0.25, 0.3) is 0 Å². The number of nitrogens with one attached hydrogen (secondary N) is 3. The fraction of sp³-hybridized carbons (Fsp3) is 0.421. The zero-order chi connectivity index (χ0) is 19.4. The Morgan fingerprint density at radius 3 is 2.67 bits per heavy atom. The van der Waals surface area contributed by atoms with Gasteiger partial charge in [-0.15, -0.1) is 0 Å². The van der Waals surface area contributed by atoms with Crippen molar-refractivity contribution < 1.29 is 14.3 Å². The lowest BCUT2D eigenvalue weighted by Crippen LogP contribution is -2.33. The van der Waals surface area contributed by atoms with E-state index in [2.05, 4.69) is 20.8 Å². The van der Waals surface area contributed by atoms with E-state index in [0.29, 0.717) is 11.4 Å². The molecule has 3 rings (SSSR count). The standard InChI is InChI=1S/C19H25N5O3/c1-11(2)21-19(26)27-15-8-5-13(9-15)16-10-17(24-23-16)22-14-6-3-12(4-7-14)18(20)25/h3-4,6-7,10-11,13,15H,5,8-9H2,1-2H3,(H2,20,25)(H,21,26)(H2,22,23,24)/t13-,15+/m0/s1. The molecule has 8 heteroatoms. The molecule has 0 radical (unpaired) electrons. The second-order valence-corrected chi connectivity index (χ2v) is 7.11. The summed E-state index contributed by atoms with van der Waals surface area (Å²) >= 11 is 0. The summed E-state index contributed by atoms with van der Waals surface area (Å²) in [6, 6.07) is 8.91. The van der Waals surface area contributed by atoms with Crippen molar-refractivity contribution in [2.75, 3.05) is 5.32 Å². The predicted molar refractivity (Wildman–Crippen MR) is 102 cm³/mol. The number of nitrogens with zero attached hydrogens (tertiary/aromatic N) is 1. The van der Waals surface area contributed by atoms with E-state index in [0.717, 1.165) is 30.6 Å². The maximum Gasteiger partial charge on any atom is 0.407 e. The van der Waals surface area contributed by atoms with Gasteiger partial charge in [-0.2, -0.15) is 5.10 Å². The maximum absolute atomic E-state index is 11.7. The van der Waals surface area contributed by atoms with E-state index in [4.69, 9.17) is 10.5 Å². The molecule has 1 heterocycles. The minimum Gasteiger partial charge on any atom is -0.446 e. The lowest BCUT2D eigenvalue weighted by molar-refractivity contribution is 0.0978. The maximum atomic E-state index is 11.7. The molecule has 8 nitrogen and oxygen atoms in total. The number of carbonyl (C=O) groups is 2. The van der Waals surface area contributed by atoms with Gasteiger partial charge in [0.15, 0.2) is 5.82 Å². The van der Waals surface area contributed by atoms with Gasteiger partial charge in [-0.1, -0.05) is 0 Å². The molecule has 1 aromatic carbocycles. The van der Waals surface area contributed by atoms with Crippen molar-refractivity contribution in [3.63, 3.8) is 0 Å². The Hall–Kier alpha value is -3.03. The summed E-state index contributed by atoms with van der Waals surface area (Å²) < 4.78 is 5.47. The van der Waals surface area contributed by atoms with E-state index in [1.54, 1.807) is 24.3 Å². The van der Waals surface area contributed by atoms with Crippen molar-refractivity contribution in [3.05, 3.63) is 41.6 Å². The summed E-state index contributed by atoms with van der Waals surface area (Å²) in [6.45, 7) is 3.80. The van der Waals surface area contributed by atoms with Crippen molar-refractivity contribution in [1.29, 1.82) is 0 Å². The van der Waals surface area contributed by atoms with Crippen molar-refractivity contribution in [3.8, 4) is 0 Å². The van der Waals surface area contributed by atoms with E-state index < -0.39 is 5.91 Å². The number of primary amides is 1. The largest absolute Gasteiger partial charge is 0.446 e. The molecule has 0 aliphatic heterocycles. The molecule has 1 aromatic heterocycles. The van der Waals surface area contributed by atoms with Crippen LogP contribution in [0.4, 0.5) is 16.3 Å². The summed E-state index contributed by atoms with van der Waals surface area (Å²) in [5, 5.41) is 13.3. The van der Waals surface area contributed by atoms with E-state index in [-0.39, 0.29) is 24.2 Å². The van der Waals surface area contributed by atoms with E-state index in [9.17, 15) is 9.59 Å². The monoisotopic (exact) mass is 371 g/mol. The Labute approximate surface area is 157 Å². The van der Waals surface area contributed by atoms with Crippen LogP contribution < -0.4 is 16.4 Å². The first-order valence-electron chi connectivity index (χ1n) is 9.10. The molecular weight excluding hydrogens is 346 g/mol. The Balaban J connectivity index is 1.55. The van der Waals surface area contributed by atoms with Gasteiger partial charge in [-0.05, 0) is 57.4 Å². The minimum absolute atomic E-state index is 0.0629. The zero-order valence-electron chi connectivity index (χ0n) is 15.5. The van der Waals surface area contributed by atoms with Gasteiger partial charge in [0.05, 0.1) is 0 Å². The molecule has 0 spiro atoms. The Morgan fingerprint density at radius 1 is 1.26 bits per heavy atom. The number of aromatic nitrogens is 2. The lowest BCUT2D eigenvalue weighted by atomic mass is 10.0. The number of carbonyl (C=O) groups excluding carboxylic acids is 2. The molecule has 144 valence electrons. The number of benzene rings is 1. The second-order valence-electron chi connectivity index (χ2n) is 7.11. The first-order valence-corrected chi connectivity index (χ1v) is 9.10. The molecule has 1 aliphatic carbocycles. The van der Waals surface area contributed by atoms with Gasteiger partial charge in [0, 0.05) is 35.0 Å². The Morgan fingerprint density at radius 2 is 2.00 bits per heavy atom. The van der Waals surface area contributed by atoms with Crippen LogP contribution in [-0.2, 0) is 4.74 Å². The number of hydrogen-bond acceptors (Lipinski definition) is 5. The fourth-order valence-corrected chi connectivity index (χ4v) is 3.23. The fourth-order valence-electron chi connectivity index (χ4n) is 3.23. The van der Waals surface area contributed by atoms with E-state index >= 15 is 0 Å². The average molecular weight is 371 g/mol. The van der Waals surface area contributed by atoms with Gasteiger partial charge in [-0.25, -0.2) is 4.79 Å². The third-order valence-electron chi connectivity index (χ3n) is 4.54. The number of amides is 2. The van der Waals surface area contributed by atoms with Gasteiger partial charge in [0.1, 0.15) is 6.10 Å². The molecule has 1 aliphatic rings. The highest BCUT2D eigenvalue weighted by Crippen LogP contribution is 2.36. The zero-order valence-corrected chi connectivity index (χ0v) is 15.5. The highest BCUT2D eigenvalue weighted by molar-refractivity contribution is 5.93. The third-order valence-corrected chi connectivity index (χ3v) is 4.54. The second kappa shape index (κ2) is 8.11. The highest BCUT2D eigenvalue weighted by atomic mass is 16.6. The van der Waals surface area contributed by atoms with Crippen molar-refractivity contribution in [2.45, 2.75) is 51.2 Å². The first kappa shape index (κ1) is 18.8. The molecule has 5 N–H and O–H groups in total. The van der Waals surface area contributed by atoms with Crippen LogP contribution in [0.5, 0.6) is 0 Å². The number of ether oxygens (including phenoxy) is 1. The number of hydrogen-bond donors (Lipinski definition) is 4. The minimum atomic E-state index is -0.455. The summed E-state index contributed by atoms with van der Waals surface area (Å²) in [5.74, 6) is 0.518. The molecular formula is C19H25N5O3. The van der Waals surface area contributed by atoms with E-state index in [1.165, 1.54) is 0 Å². The number of aromatic amines is 1. The smallest absolute Gasteiger partial charge is 0.407 e. The van der Waals surface area contributed by atoms with Crippen LogP contribution in [0.3, 0.4) is 0 Å². The summed E-state index contributed by atoms with van der Waals surface area (Å²) in [7, 11) is 0. The molecule has 2 amide bonds. The van der Waals surface area contributed by atoms with Crippen molar-refractivity contribution in [1.82, 2.24) is 15.5 Å². The van der Waals surface area contributed by atoms with Crippen LogP contribution in [-0.4, -0.2) is 34.3 Å². The van der Waals surface area contributed by atoms with Crippen molar-refractivity contribution >= 4 is 23.5 Å². The topological polar surface area (TPSA) is 122 Å². The van der Waals surface area contributed by atoms with Crippen LogP contribution in [0.15, 0.2) is 30.3 Å². The molecule has 1 fully saturated rings. The van der Waals surface area contributed by atoms with Gasteiger partial charge in [0.2, 0.25) is 5.91 Å². The summed E-state index contributed by atoms with van der Waals surface area (Å²) in [4.78, 5) is 22.8.